The van der Waals surface area contributed by atoms with Crippen LogP contribution in [0.2, 0.25) is 0 Å². The monoisotopic (exact) mass is 747 g/mol. The summed E-state index contributed by atoms with van der Waals surface area (Å²) in [4.78, 5) is 24.3. The zero-order valence-corrected chi connectivity index (χ0v) is 32.2. The molecule has 4 bridgehead atoms. The lowest BCUT2D eigenvalue weighted by atomic mass is 9.43. The van der Waals surface area contributed by atoms with Gasteiger partial charge in [-0.1, -0.05) is 115 Å². The van der Waals surface area contributed by atoms with E-state index < -0.39 is 0 Å². The van der Waals surface area contributed by atoms with E-state index in [-0.39, 0.29) is 5.41 Å². The molecule has 0 radical (unpaired) electrons. The van der Waals surface area contributed by atoms with E-state index in [0.717, 1.165) is 45.3 Å². The van der Waals surface area contributed by atoms with E-state index in [1.165, 1.54) is 65.5 Å². The Labute approximate surface area is 339 Å². The fourth-order valence-corrected chi connectivity index (χ4v) is 11.7. The van der Waals surface area contributed by atoms with Crippen molar-refractivity contribution in [3.63, 3.8) is 0 Å². The Kier molecular flexibility index (Phi) is 7.66. The third-order valence-corrected chi connectivity index (χ3v) is 13.9. The molecule has 0 N–H and O–H groups in total. The highest BCUT2D eigenvalue weighted by atomic mass is 15.0. The van der Waals surface area contributed by atoms with Gasteiger partial charge in [0.05, 0.1) is 5.69 Å². The minimum Gasteiger partial charge on any atom is -0.245 e. The molecule has 2 heterocycles. The maximum atomic E-state index is 5.15. The lowest BCUT2D eigenvalue weighted by molar-refractivity contribution is -0.0399. The number of nitrogens with zero attached hydrogens (tertiary/aromatic N) is 5. The normalized spacial score (nSPS) is 22.2. The molecule has 6 aromatic carbocycles. The van der Waals surface area contributed by atoms with E-state index >= 15 is 0 Å². The summed E-state index contributed by atoms with van der Waals surface area (Å²) in [6.45, 7) is 0. The van der Waals surface area contributed by atoms with Crippen molar-refractivity contribution in [3.05, 3.63) is 175 Å². The number of benzene rings is 6. The highest BCUT2D eigenvalue weighted by Crippen LogP contribution is 2.69. The molecule has 58 heavy (non-hydrogen) atoms. The highest BCUT2D eigenvalue weighted by molar-refractivity contribution is 5.88. The van der Waals surface area contributed by atoms with Crippen LogP contribution in [0.3, 0.4) is 0 Å². The van der Waals surface area contributed by atoms with Gasteiger partial charge >= 0.3 is 0 Å². The third-order valence-electron chi connectivity index (χ3n) is 13.9. The average molecular weight is 748 g/mol. The Morgan fingerprint density at radius 3 is 1.57 bits per heavy atom. The number of hydrogen-bond donors (Lipinski definition) is 0. The fourth-order valence-electron chi connectivity index (χ4n) is 11.7. The second-order valence-corrected chi connectivity index (χ2v) is 17.0. The maximum absolute atomic E-state index is 5.15. The lowest BCUT2D eigenvalue weighted by Gasteiger charge is -2.61. The highest BCUT2D eigenvalue weighted by Gasteiger charge is 2.61. The molecule has 0 saturated heterocycles. The molecule has 5 aliphatic carbocycles. The van der Waals surface area contributed by atoms with Crippen LogP contribution in [0.5, 0.6) is 0 Å². The van der Waals surface area contributed by atoms with Crippen LogP contribution < -0.4 is 0 Å². The SMILES string of the molecule is c1ccc(-c2ccc3c(c2)-c2ccc(-c4cc(-c5ccncn5)cc(-c5nc(-c6ccccc6)nc(-c6ccccc6)n5)c4)cc2C32C3CC4CC(C3)CC2C4)cc1. The summed E-state index contributed by atoms with van der Waals surface area (Å²) < 4.78 is 0. The Balaban J connectivity index is 1.06. The van der Waals surface area contributed by atoms with Crippen LogP contribution in [-0.4, -0.2) is 24.9 Å². The second-order valence-electron chi connectivity index (χ2n) is 17.0. The largest absolute Gasteiger partial charge is 0.245 e. The van der Waals surface area contributed by atoms with Crippen LogP contribution in [0.1, 0.15) is 43.2 Å². The molecule has 278 valence electrons. The molecule has 5 aliphatic rings. The van der Waals surface area contributed by atoms with Gasteiger partial charge in [-0.15, -0.1) is 0 Å². The smallest absolute Gasteiger partial charge is 0.164 e. The zero-order valence-electron chi connectivity index (χ0n) is 32.2. The van der Waals surface area contributed by atoms with Crippen molar-refractivity contribution < 1.29 is 0 Å². The summed E-state index contributed by atoms with van der Waals surface area (Å²) in [7, 11) is 0. The molecule has 0 atom stereocenters. The first-order chi connectivity index (χ1) is 28.7. The first-order valence-electron chi connectivity index (χ1n) is 20.8. The molecule has 4 saturated carbocycles. The minimum absolute atomic E-state index is 0.0415. The van der Waals surface area contributed by atoms with Gasteiger partial charge < -0.3 is 0 Å². The summed E-state index contributed by atoms with van der Waals surface area (Å²) in [6, 6.07) is 54.7. The molecule has 2 aromatic heterocycles. The number of hydrogen-bond acceptors (Lipinski definition) is 5. The van der Waals surface area contributed by atoms with Gasteiger partial charge in [-0.3, -0.25) is 0 Å². The summed E-state index contributed by atoms with van der Waals surface area (Å²) >= 11 is 0. The van der Waals surface area contributed by atoms with E-state index in [1.54, 1.807) is 11.9 Å². The van der Waals surface area contributed by atoms with Gasteiger partial charge in [0.15, 0.2) is 17.5 Å². The molecule has 5 nitrogen and oxygen atoms in total. The molecule has 8 aromatic rings. The van der Waals surface area contributed by atoms with E-state index in [9.17, 15) is 0 Å². The predicted octanol–water partition coefficient (Wildman–Crippen LogP) is 12.4. The van der Waals surface area contributed by atoms with Crippen LogP contribution in [0.15, 0.2) is 164 Å². The zero-order chi connectivity index (χ0) is 38.2. The quantitative estimate of drug-likeness (QED) is 0.169. The topological polar surface area (TPSA) is 64.5 Å². The minimum atomic E-state index is 0.0415. The van der Waals surface area contributed by atoms with Crippen LogP contribution in [0.4, 0.5) is 0 Å². The van der Waals surface area contributed by atoms with E-state index in [1.807, 2.05) is 48.7 Å². The first kappa shape index (κ1) is 33.5. The van der Waals surface area contributed by atoms with Crippen molar-refractivity contribution in [2.75, 3.05) is 0 Å². The third kappa shape index (κ3) is 5.33. The van der Waals surface area contributed by atoms with Crippen molar-refractivity contribution in [1.82, 2.24) is 24.9 Å². The van der Waals surface area contributed by atoms with Crippen molar-refractivity contribution in [1.29, 1.82) is 0 Å². The predicted molar refractivity (Wildman–Crippen MR) is 231 cm³/mol. The standard InChI is InChI=1S/C53H41N5/c1-4-10-35(11-5-1)38-17-19-47-46(30-38)45-18-16-39(31-48(45)53(47)43-23-33-22-34(25-43)26-44(53)24-33)40-27-41(49-20-21-54-32-55-49)29-42(28-40)52-57-50(36-12-6-2-7-13-36)56-51(58-52)37-14-8-3-9-15-37/h1-21,27-34,43-44H,22-26H2. The van der Waals surface area contributed by atoms with E-state index in [0.29, 0.717) is 29.3 Å². The molecule has 13 rings (SSSR count). The van der Waals surface area contributed by atoms with Gasteiger partial charge in [-0.25, -0.2) is 24.9 Å². The van der Waals surface area contributed by atoms with Crippen LogP contribution in [-0.2, 0) is 5.41 Å². The number of rotatable bonds is 6. The molecule has 0 amide bonds. The average Bonchev–Trinajstić information content (AvgIpc) is 3.58. The Morgan fingerprint density at radius 1 is 0.397 bits per heavy atom. The Morgan fingerprint density at radius 2 is 0.948 bits per heavy atom. The van der Waals surface area contributed by atoms with Gasteiger partial charge in [0.2, 0.25) is 0 Å². The summed E-state index contributed by atoms with van der Waals surface area (Å²) in [5.74, 6) is 5.01. The Bertz CT molecular complexity index is 2750. The first-order valence-corrected chi connectivity index (χ1v) is 20.8. The molecule has 0 aliphatic heterocycles. The van der Waals surface area contributed by atoms with Gasteiger partial charge in [-0.05, 0) is 137 Å². The summed E-state index contributed by atoms with van der Waals surface area (Å²) in [5, 5.41) is 0. The summed E-state index contributed by atoms with van der Waals surface area (Å²) in [5.41, 5.74) is 15.5. The van der Waals surface area contributed by atoms with Gasteiger partial charge in [0.25, 0.3) is 0 Å². The second kappa shape index (κ2) is 13.2. The van der Waals surface area contributed by atoms with Crippen molar-refractivity contribution in [3.8, 4) is 78.8 Å². The Hall–Kier alpha value is -6.59. The molecule has 1 spiro atoms. The fraction of sp³-hybridized carbons (Fsp3) is 0.189. The number of aromatic nitrogens is 5. The molecule has 4 fully saturated rings. The molecular weight excluding hydrogens is 707 g/mol. The van der Waals surface area contributed by atoms with Crippen molar-refractivity contribution in [2.24, 2.45) is 23.7 Å². The van der Waals surface area contributed by atoms with Crippen molar-refractivity contribution >= 4 is 0 Å². The molecule has 0 unspecified atom stereocenters. The lowest BCUT2D eigenvalue weighted by Crippen LogP contribution is -2.55. The van der Waals surface area contributed by atoms with Gasteiger partial charge in [0, 0.05) is 33.9 Å². The van der Waals surface area contributed by atoms with Crippen LogP contribution in [0.25, 0.3) is 78.8 Å². The van der Waals surface area contributed by atoms with E-state index in [2.05, 4.69) is 114 Å². The number of fused-ring (bicyclic) bond motifs is 3. The molecule has 5 heteroatoms. The van der Waals surface area contributed by atoms with Gasteiger partial charge in [-0.2, -0.15) is 0 Å². The van der Waals surface area contributed by atoms with Gasteiger partial charge in [0.1, 0.15) is 6.33 Å². The summed E-state index contributed by atoms with van der Waals surface area (Å²) in [6.07, 6.45) is 10.2. The van der Waals surface area contributed by atoms with E-state index in [4.69, 9.17) is 19.9 Å². The van der Waals surface area contributed by atoms with Crippen LogP contribution >= 0.6 is 0 Å². The van der Waals surface area contributed by atoms with Crippen molar-refractivity contribution in [2.45, 2.75) is 37.5 Å². The van der Waals surface area contributed by atoms with Crippen LogP contribution in [0, 0.1) is 23.7 Å². The molecular formula is C53H41N5. The maximum Gasteiger partial charge on any atom is 0.164 e.